The molecule has 0 radical (unpaired) electrons. The van der Waals surface area contributed by atoms with Crippen molar-refractivity contribution in [3.8, 4) is 0 Å². The van der Waals surface area contributed by atoms with Gasteiger partial charge >= 0.3 is 0 Å². The summed E-state index contributed by atoms with van der Waals surface area (Å²) in [4.78, 5) is 9.74. The van der Waals surface area contributed by atoms with Crippen LogP contribution in [0, 0.1) is 6.92 Å². The van der Waals surface area contributed by atoms with Gasteiger partial charge in [0.05, 0.1) is 0 Å². The molecule has 0 saturated carbocycles. The Labute approximate surface area is 92.7 Å². The molecule has 1 aliphatic heterocycles. The Morgan fingerprint density at radius 3 is 2.62 bits per heavy atom. The number of nitrogens with zero attached hydrogens (tertiary/aromatic N) is 3. The van der Waals surface area contributed by atoms with Crippen LogP contribution in [-0.2, 0) is 0 Å². The number of piperazine rings is 1. The number of hydrogen-bond acceptors (Lipinski definition) is 4. The zero-order valence-corrected chi connectivity index (χ0v) is 9.08. The summed E-state index contributed by atoms with van der Waals surface area (Å²) in [5.74, 6) is 0.631. The molecular weight excluding hydrogens is 214 g/mol. The topological polar surface area (TPSA) is 41.1 Å². The maximum absolute atomic E-state index is 12.7. The van der Waals surface area contributed by atoms with Crippen molar-refractivity contribution in [3.63, 3.8) is 0 Å². The summed E-state index contributed by atoms with van der Waals surface area (Å²) in [6.45, 7) is 4.95. The van der Waals surface area contributed by atoms with Crippen LogP contribution in [0.2, 0.25) is 0 Å². The molecule has 0 bridgehead atoms. The number of anilines is 1. The number of aromatic nitrogens is 2. The lowest BCUT2D eigenvalue weighted by Gasteiger charge is -2.29. The van der Waals surface area contributed by atoms with Crippen molar-refractivity contribution in [2.24, 2.45) is 0 Å². The molecule has 1 aromatic rings. The third kappa shape index (κ3) is 2.11. The lowest BCUT2D eigenvalue weighted by Crippen LogP contribution is -2.44. The molecule has 16 heavy (non-hydrogen) atoms. The molecule has 0 aromatic carbocycles. The predicted molar refractivity (Wildman–Crippen MR) is 56.8 cm³/mol. The zero-order valence-electron chi connectivity index (χ0n) is 9.08. The van der Waals surface area contributed by atoms with Crippen LogP contribution in [0.1, 0.15) is 17.7 Å². The number of alkyl halides is 2. The third-order valence-corrected chi connectivity index (χ3v) is 2.72. The Hall–Kier alpha value is -1.30. The minimum atomic E-state index is -2.54. The fraction of sp³-hybridized carbons (Fsp3) is 0.600. The van der Waals surface area contributed by atoms with E-state index in [0.29, 0.717) is 11.4 Å². The summed E-state index contributed by atoms with van der Waals surface area (Å²) in [5, 5.41) is 3.21. The Kier molecular flexibility index (Phi) is 3.28. The van der Waals surface area contributed by atoms with Gasteiger partial charge in [-0.05, 0) is 6.92 Å². The van der Waals surface area contributed by atoms with Crippen molar-refractivity contribution in [3.05, 3.63) is 17.6 Å². The average molecular weight is 228 g/mol. The van der Waals surface area contributed by atoms with E-state index >= 15 is 0 Å². The normalized spacial score (nSPS) is 16.9. The highest BCUT2D eigenvalue weighted by Gasteiger charge is 2.20. The first kappa shape index (κ1) is 11.2. The molecule has 88 valence electrons. The number of halogens is 2. The summed E-state index contributed by atoms with van der Waals surface area (Å²) < 4.78 is 25.3. The lowest BCUT2D eigenvalue weighted by molar-refractivity contribution is 0.145. The van der Waals surface area contributed by atoms with Crippen LogP contribution in [0.4, 0.5) is 14.6 Å². The van der Waals surface area contributed by atoms with Crippen LogP contribution in [0.25, 0.3) is 0 Å². The fourth-order valence-corrected chi connectivity index (χ4v) is 1.87. The second-order valence-corrected chi connectivity index (χ2v) is 3.75. The molecule has 1 aromatic heterocycles. The number of rotatable bonds is 2. The SMILES string of the molecule is Cc1c(C(F)F)ncnc1N1CCNCC1. The highest BCUT2D eigenvalue weighted by molar-refractivity contribution is 5.48. The van der Waals surface area contributed by atoms with Crippen molar-refractivity contribution in [2.45, 2.75) is 13.3 Å². The minimum absolute atomic E-state index is 0.163. The van der Waals surface area contributed by atoms with Gasteiger partial charge in [-0.1, -0.05) is 0 Å². The van der Waals surface area contributed by atoms with Crippen molar-refractivity contribution >= 4 is 5.82 Å². The van der Waals surface area contributed by atoms with E-state index in [1.807, 2.05) is 4.90 Å². The first-order valence-electron chi connectivity index (χ1n) is 5.25. The molecule has 1 aliphatic rings. The predicted octanol–water partition coefficient (Wildman–Crippen LogP) is 1.13. The first-order chi connectivity index (χ1) is 7.70. The maximum atomic E-state index is 12.7. The van der Waals surface area contributed by atoms with Gasteiger partial charge < -0.3 is 10.2 Å². The number of nitrogens with one attached hydrogen (secondary N) is 1. The van der Waals surface area contributed by atoms with Crippen LogP contribution < -0.4 is 10.2 Å². The quantitative estimate of drug-likeness (QED) is 0.824. The monoisotopic (exact) mass is 228 g/mol. The average Bonchev–Trinajstić information content (AvgIpc) is 2.30. The third-order valence-electron chi connectivity index (χ3n) is 2.72. The van der Waals surface area contributed by atoms with Gasteiger partial charge in [-0.15, -0.1) is 0 Å². The molecule has 0 aliphatic carbocycles. The summed E-state index contributed by atoms with van der Waals surface area (Å²) in [7, 11) is 0. The Morgan fingerprint density at radius 1 is 1.31 bits per heavy atom. The molecule has 2 rings (SSSR count). The highest BCUT2D eigenvalue weighted by atomic mass is 19.3. The van der Waals surface area contributed by atoms with Crippen molar-refractivity contribution < 1.29 is 8.78 Å². The van der Waals surface area contributed by atoms with Crippen molar-refractivity contribution in [2.75, 3.05) is 31.1 Å². The van der Waals surface area contributed by atoms with E-state index < -0.39 is 6.43 Å². The van der Waals surface area contributed by atoms with E-state index in [0.717, 1.165) is 26.2 Å². The van der Waals surface area contributed by atoms with E-state index in [1.165, 1.54) is 6.33 Å². The molecule has 1 fully saturated rings. The zero-order chi connectivity index (χ0) is 11.5. The summed E-state index contributed by atoms with van der Waals surface area (Å²) >= 11 is 0. The molecule has 0 spiro atoms. The summed E-state index contributed by atoms with van der Waals surface area (Å²) in [6, 6.07) is 0. The molecule has 0 unspecified atom stereocenters. The molecule has 0 amide bonds. The van der Waals surface area contributed by atoms with Crippen LogP contribution in [0.15, 0.2) is 6.33 Å². The van der Waals surface area contributed by atoms with E-state index in [2.05, 4.69) is 15.3 Å². The van der Waals surface area contributed by atoms with Gasteiger partial charge in [0.15, 0.2) is 0 Å². The smallest absolute Gasteiger partial charge is 0.280 e. The van der Waals surface area contributed by atoms with Gasteiger partial charge in [-0.25, -0.2) is 18.7 Å². The van der Waals surface area contributed by atoms with E-state index in [1.54, 1.807) is 6.92 Å². The molecule has 4 nitrogen and oxygen atoms in total. The lowest BCUT2D eigenvalue weighted by atomic mass is 10.2. The van der Waals surface area contributed by atoms with Gasteiger partial charge in [0, 0.05) is 31.7 Å². The van der Waals surface area contributed by atoms with Crippen LogP contribution in [-0.4, -0.2) is 36.1 Å². The molecular formula is C10H14F2N4. The Bertz CT molecular complexity index is 364. The Morgan fingerprint density at radius 2 is 2.00 bits per heavy atom. The van der Waals surface area contributed by atoms with Gasteiger partial charge in [0.2, 0.25) is 0 Å². The van der Waals surface area contributed by atoms with Crippen LogP contribution >= 0.6 is 0 Å². The van der Waals surface area contributed by atoms with Crippen LogP contribution in [0.5, 0.6) is 0 Å². The minimum Gasteiger partial charge on any atom is -0.354 e. The van der Waals surface area contributed by atoms with E-state index in [9.17, 15) is 8.78 Å². The van der Waals surface area contributed by atoms with E-state index in [4.69, 9.17) is 0 Å². The largest absolute Gasteiger partial charge is 0.354 e. The molecule has 1 saturated heterocycles. The van der Waals surface area contributed by atoms with Gasteiger partial charge in [0.1, 0.15) is 17.8 Å². The molecule has 2 heterocycles. The van der Waals surface area contributed by atoms with Crippen molar-refractivity contribution in [1.29, 1.82) is 0 Å². The second kappa shape index (κ2) is 4.69. The standard InChI is InChI=1S/C10H14F2N4/c1-7-8(9(11)12)14-6-15-10(7)16-4-2-13-3-5-16/h6,9,13H,2-5H2,1H3. The van der Waals surface area contributed by atoms with Gasteiger partial charge in [0.25, 0.3) is 6.43 Å². The van der Waals surface area contributed by atoms with Gasteiger partial charge in [-0.2, -0.15) is 0 Å². The summed E-state index contributed by atoms with van der Waals surface area (Å²) in [5.41, 5.74) is 0.322. The molecule has 1 N–H and O–H groups in total. The van der Waals surface area contributed by atoms with Crippen LogP contribution in [0.3, 0.4) is 0 Å². The Balaban J connectivity index is 2.29. The van der Waals surface area contributed by atoms with Gasteiger partial charge in [-0.3, -0.25) is 0 Å². The number of hydrogen-bond donors (Lipinski definition) is 1. The molecule has 6 heteroatoms. The highest BCUT2D eigenvalue weighted by Crippen LogP contribution is 2.25. The first-order valence-corrected chi connectivity index (χ1v) is 5.25. The summed E-state index contributed by atoms with van der Waals surface area (Å²) in [6.07, 6.45) is -1.32. The van der Waals surface area contributed by atoms with Crippen molar-refractivity contribution in [1.82, 2.24) is 15.3 Å². The maximum Gasteiger partial charge on any atom is 0.280 e. The van der Waals surface area contributed by atoms with E-state index in [-0.39, 0.29) is 5.69 Å². The fourth-order valence-electron chi connectivity index (χ4n) is 1.87. The second-order valence-electron chi connectivity index (χ2n) is 3.75. The molecule has 0 atom stereocenters.